The molecule has 3 heterocycles. The van der Waals surface area contributed by atoms with Crippen molar-refractivity contribution in [3.63, 3.8) is 0 Å². The Kier molecular flexibility index (Phi) is 8.36. The Balaban J connectivity index is 1.31. The quantitative estimate of drug-likeness (QED) is 0.286. The van der Waals surface area contributed by atoms with Gasteiger partial charge in [0.15, 0.2) is 6.61 Å². The van der Waals surface area contributed by atoms with Crippen LogP contribution < -0.4 is 4.18 Å². The normalized spacial score (nSPS) is 19.5. The van der Waals surface area contributed by atoms with Crippen molar-refractivity contribution in [2.45, 2.75) is 44.4 Å². The zero-order valence-corrected chi connectivity index (χ0v) is 21.3. The highest BCUT2D eigenvalue weighted by Gasteiger charge is 2.29. The third-order valence-corrected chi connectivity index (χ3v) is 7.19. The van der Waals surface area contributed by atoms with Gasteiger partial charge in [-0.15, -0.1) is 11.3 Å². The van der Waals surface area contributed by atoms with E-state index >= 15 is 0 Å². The van der Waals surface area contributed by atoms with Crippen LogP contribution in [0.1, 0.15) is 46.9 Å². The summed E-state index contributed by atoms with van der Waals surface area (Å²) in [5, 5.41) is 5.47. The van der Waals surface area contributed by atoms with Crippen LogP contribution in [-0.4, -0.2) is 62.6 Å². The third-order valence-electron chi connectivity index (χ3n) is 5.68. The average molecular weight is 564 g/mol. The van der Waals surface area contributed by atoms with Crippen molar-refractivity contribution in [1.29, 1.82) is 0 Å². The predicted octanol–water partition coefficient (Wildman–Crippen LogP) is 3.50. The number of likely N-dealkylation sites (tertiary alicyclic amines) is 1. The molecule has 2 aliphatic heterocycles. The molecule has 1 unspecified atom stereocenters. The van der Waals surface area contributed by atoms with Gasteiger partial charge in [0, 0.05) is 30.0 Å². The van der Waals surface area contributed by atoms with Crippen LogP contribution in [0.2, 0.25) is 0 Å². The molecule has 1 atom stereocenters. The number of fused-ring (bicyclic) bond motifs is 1. The standard InChI is InChI=1S/C22H24F3N3O7S2/c1-37(30,31)35-18-4-2-3-15-9-32-21(33-10-16(15)18)17-12-36-20(27-17)14-5-7-28(8-6-14)19(29)11-34-26-13-22(23,24)25/h2-4,12-14,21H,5-11H2,1H3/b26-13+. The number of nitrogens with zero attached hydrogens (tertiary/aromatic N) is 3. The van der Waals surface area contributed by atoms with E-state index in [1.54, 1.807) is 12.1 Å². The van der Waals surface area contributed by atoms with Crippen molar-refractivity contribution in [2.75, 3.05) is 26.0 Å². The van der Waals surface area contributed by atoms with Gasteiger partial charge in [-0.1, -0.05) is 17.3 Å². The van der Waals surface area contributed by atoms with Gasteiger partial charge in [0.2, 0.25) is 6.29 Å². The molecule has 0 radical (unpaired) electrons. The van der Waals surface area contributed by atoms with Crippen molar-refractivity contribution >= 4 is 33.6 Å². The molecule has 1 amide bonds. The zero-order chi connectivity index (χ0) is 26.6. The fraction of sp³-hybridized carbons (Fsp3) is 0.500. The SMILES string of the molecule is CS(=O)(=O)Oc1cccc2c1COC(c1csc(C3CCN(C(=O)CO/N=C/C(F)(F)F)CC3)n1)OC2. The summed E-state index contributed by atoms with van der Waals surface area (Å²) in [5.74, 6) is -0.136. The van der Waals surface area contributed by atoms with E-state index < -0.39 is 35.1 Å². The van der Waals surface area contributed by atoms with Crippen molar-refractivity contribution < 1.29 is 44.9 Å². The van der Waals surface area contributed by atoms with Gasteiger partial charge in [0.1, 0.15) is 17.7 Å². The van der Waals surface area contributed by atoms with Gasteiger partial charge in [-0.3, -0.25) is 4.79 Å². The number of piperidine rings is 1. The summed E-state index contributed by atoms with van der Waals surface area (Å²) in [6.07, 6.45) is -3.42. The van der Waals surface area contributed by atoms with E-state index in [9.17, 15) is 26.4 Å². The minimum absolute atomic E-state index is 0.0775. The maximum atomic E-state index is 12.2. The number of carbonyl (C=O) groups excluding carboxylic acids is 1. The zero-order valence-electron chi connectivity index (χ0n) is 19.6. The number of thiazole rings is 1. The first-order valence-corrected chi connectivity index (χ1v) is 13.9. The number of benzene rings is 1. The second kappa shape index (κ2) is 11.3. The molecule has 0 saturated carbocycles. The number of aromatic nitrogens is 1. The number of oxime groups is 1. The van der Waals surface area contributed by atoms with E-state index in [0.717, 1.165) is 16.8 Å². The smallest absolute Gasteiger partial charge is 0.386 e. The van der Waals surface area contributed by atoms with E-state index in [2.05, 4.69) is 15.0 Å². The Morgan fingerprint density at radius 2 is 2.00 bits per heavy atom. The van der Waals surface area contributed by atoms with Crippen LogP contribution in [0.25, 0.3) is 0 Å². The fourth-order valence-electron chi connectivity index (χ4n) is 3.95. The van der Waals surface area contributed by atoms with Crippen molar-refractivity contribution in [3.8, 4) is 5.75 Å². The molecule has 202 valence electrons. The lowest BCUT2D eigenvalue weighted by atomic mass is 9.97. The second-order valence-electron chi connectivity index (χ2n) is 8.45. The number of ether oxygens (including phenoxy) is 2. The van der Waals surface area contributed by atoms with Crippen LogP contribution in [0.4, 0.5) is 13.2 Å². The molecule has 1 fully saturated rings. The minimum atomic E-state index is -4.60. The molecule has 15 heteroatoms. The molecular weight excluding hydrogens is 539 g/mol. The molecule has 2 aliphatic rings. The van der Waals surface area contributed by atoms with Crippen LogP contribution in [0, 0.1) is 0 Å². The van der Waals surface area contributed by atoms with E-state index in [0.29, 0.717) is 37.2 Å². The number of rotatable bonds is 7. The first kappa shape index (κ1) is 27.3. The molecular formula is C22H24F3N3O7S2. The Hall–Kier alpha value is -2.75. The van der Waals surface area contributed by atoms with Crippen LogP contribution in [0.5, 0.6) is 5.75 Å². The highest BCUT2D eigenvalue weighted by atomic mass is 32.2. The lowest BCUT2D eigenvalue weighted by Crippen LogP contribution is -2.39. The Bertz CT molecular complexity index is 1240. The molecule has 0 spiro atoms. The third kappa shape index (κ3) is 7.63. The summed E-state index contributed by atoms with van der Waals surface area (Å²) in [7, 11) is -3.70. The number of carbonyl (C=O) groups is 1. The van der Waals surface area contributed by atoms with Gasteiger partial charge in [0.05, 0.1) is 24.5 Å². The largest absolute Gasteiger partial charge is 0.429 e. The van der Waals surface area contributed by atoms with Crippen LogP contribution in [0.15, 0.2) is 28.7 Å². The molecule has 0 N–H and O–H groups in total. The first-order chi connectivity index (χ1) is 17.5. The minimum Gasteiger partial charge on any atom is -0.386 e. The monoisotopic (exact) mass is 563 g/mol. The molecule has 0 bridgehead atoms. The molecule has 4 rings (SSSR count). The summed E-state index contributed by atoms with van der Waals surface area (Å²) < 4.78 is 76.2. The molecule has 10 nitrogen and oxygen atoms in total. The Morgan fingerprint density at radius 1 is 1.27 bits per heavy atom. The van der Waals surface area contributed by atoms with Crippen molar-refractivity contribution in [1.82, 2.24) is 9.88 Å². The van der Waals surface area contributed by atoms with Gasteiger partial charge >= 0.3 is 16.3 Å². The maximum absolute atomic E-state index is 12.2. The summed E-state index contributed by atoms with van der Waals surface area (Å²) in [4.78, 5) is 22.8. The molecule has 1 aromatic heterocycles. The Labute approximate surface area is 215 Å². The van der Waals surface area contributed by atoms with E-state index in [1.165, 1.54) is 16.2 Å². The molecule has 2 aromatic rings. The number of hydrogen-bond donors (Lipinski definition) is 0. The second-order valence-corrected chi connectivity index (χ2v) is 10.9. The van der Waals surface area contributed by atoms with Gasteiger partial charge in [-0.2, -0.15) is 21.6 Å². The summed E-state index contributed by atoms with van der Waals surface area (Å²) >= 11 is 1.45. The van der Waals surface area contributed by atoms with Crippen molar-refractivity contribution in [3.05, 3.63) is 45.4 Å². The van der Waals surface area contributed by atoms with E-state index in [4.69, 9.17) is 13.7 Å². The van der Waals surface area contributed by atoms with Gasteiger partial charge in [-0.25, -0.2) is 4.98 Å². The number of amides is 1. The topological polar surface area (TPSA) is 117 Å². The van der Waals surface area contributed by atoms with Crippen molar-refractivity contribution in [2.24, 2.45) is 5.16 Å². The molecule has 0 aliphatic carbocycles. The lowest BCUT2D eigenvalue weighted by molar-refractivity contribution is -0.155. The highest BCUT2D eigenvalue weighted by molar-refractivity contribution is 7.86. The maximum Gasteiger partial charge on any atom is 0.429 e. The van der Waals surface area contributed by atoms with Crippen LogP contribution in [-0.2, 0) is 42.4 Å². The summed E-state index contributed by atoms with van der Waals surface area (Å²) in [6, 6.07) is 5.05. The van der Waals surface area contributed by atoms with Gasteiger partial charge < -0.3 is 23.4 Å². The van der Waals surface area contributed by atoms with Gasteiger partial charge in [-0.05, 0) is 24.5 Å². The first-order valence-electron chi connectivity index (χ1n) is 11.2. The molecule has 1 saturated heterocycles. The lowest BCUT2D eigenvalue weighted by Gasteiger charge is -2.30. The fourth-order valence-corrected chi connectivity index (χ4v) is 5.42. The van der Waals surface area contributed by atoms with E-state index in [-0.39, 0.29) is 31.1 Å². The van der Waals surface area contributed by atoms with E-state index in [1.807, 2.05) is 11.4 Å². The Morgan fingerprint density at radius 3 is 2.70 bits per heavy atom. The number of hydrogen-bond acceptors (Lipinski definition) is 10. The predicted molar refractivity (Wildman–Crippen MR) is 125 cm³/mol. The summed E-state index contributed by atoms with van der Waals surface area (Å²) in [5.41, 5.74) is 1.94. The molecule has 37 heavy (non-hydrogen) atoms. The number of halogens is 3. The summed E-state index contributed by atoms with van der Waals surface area (Å²) in [6.45, 7) is 0.533. The average Bonchev–Trinajstić information content (AvgIpc) is 3.21. The number of alkyl halides is 3. The van der Waals surface area contributed by atoms with Crippen LogP contribution >= 0.6 is 11.3 Å². The highest BCUT2D eigenvalue weighted by Crippen LogP contribution is 2.36. The van der Waals surface area contributed by atoms with Crippen LogP contribution in [0.3, 0.4) is 0 Å². The molecule has 1 aromatic carbocycles. The van der Waals surface area contributed by atoms with Gasteiger partial charge in [0.25, 0.3) is 5.91 Å².